The molecule has 2 rings (SSSR count). The van der Waals surface area contributed by atoms with E-state index >= 15 is 0 Å². The largest absolute Gasteiger partial charge is 0.323 e. The maximum Gasteiger partial charge on any atom is 0.283 e. The van der Waals surface area contributed by atoms with E-state index in [1.165, 1.54) is 6.07 Å². The average molecular weight is 326 g/mol. The van der Waals surface area contributed by atoms with Crippen LogP contribution in [0.25, 0.3) is 0 Å². The minimum Gasteiger partial charge on any atom is -0.323 e. The molecular formula is C11H12BrN5O2. The van der Waals surface area contributed by atoms with Gasteiger partial charge in [-0.15, -0.1) is 5.10 Å². The van der Waals surface area contributed by atoms with Gasteiger partial charge in [0, 0.05) is 12.1 Å². The van der Waals surface area contributed by atoms with Crippen LogP contribution in [0, 0.1) is 10.1 Å². The summed E-state index contributed by atoms with van der Waals surface area (Å²) in [5, 5.41) is 18.7. The highest BCUT2D eigenvalue weighted by Gasteiger charge is 2.15. The Kier molecular flexibility index (Phi) is 3.91. The molecular weight excluding hydrogens is 314 g/mol. The number of nitro benzene ring substituents is 1. The number of nitrogens with zero attached hydrogens (tertiary/aromatic N) is 4. The van der Waals surface area contributed by atoms with Gasteiger partial charge in [-0.2, -0.15) is 0 Å². The van der Waals surface area contributed by atoms with Crippen LogP contribution in [0.2, 0.25) is 0 Å². The van der Waals surface area contributed by atoms with Crippen molar-refractivity contribution in [3.63, 3.8) is 0 Å². The van der Waals surface area contributed by atoms with Gasteiger partial charge in [0.1, 0.15) is 4.47 Å². The van der Waals surface area contributed by atoms with E-state index < -0.39 is 4.92 Å². The van der Waals surface area contributed by atoms with Gasteiger partial charge in [-0.25, -0.2) is 4.68 Å². The summed E-state index contributed by atoms with van der Waals surface area (Å²) in [6.45, 7) is 2.21. The van der Waals surface area contributed by atoms with Gasteiger partial charge in [-0.1, -0.05) is 17.3 Å². The molecule has 0 radical (unpaired) electrons. The monoisotopic (exact) mass is 325 g/mol. The lowest BCUT2D eigenvalue weighted by molar-refractivity contribution is -0.385. The van der Waals surface area contributed by atoms with Crippen molar-refractivity contribution in [3.8, 4) is 0 Å². The van der Waals surface area contributed by atoms with E-state index in [2.05, 4.69) is 26.2 Å². The van der Waals surface area contributed by atoms with Gasteiger partial charge in [0.15, 0.2) is 0 Å². The Morgan fingerprint density at radius 2 is 2.32 bits per heavy atom. The SMILES string of the molecule is CC(N)c1cn(Cc2cccc([N+](=O)[O-])c2Br)nn1. The van der Waals surface area contributed by atoms with Crippen LogP contribution in [0.1, 0.15) is 24.2 Å². The number of hydrogen-bond acceptors (Lipinski definition) is 5. The predicted molar refractivity (Wildman–Crippen MR) is 72.5 cm³/mol. The average Bonchev–Trinajstić information content (AvgIpc) is 2.80. The van der Waals surface area contributed by atoms with Crippen molar-refractivity contribution >= 4 is 21.6 Å². The molecule has 0 saturated carbocycles. The lowest BCUT2D eigenvalue weighted by Gasteiger charge is -2.04. The highest BCUT2D eigenvalue weighted by Crippen LogP contribution is 2.28. The molecule has 1 aromatic carbocycles. The molecule has 1 unspecified atom stereocenters. The summed E-state index contributed by atoms with van der Waals surface area (Å²) in [6, 6.07) is 4.69. The molecule has 0 aliphatic carbocycles. The van der Waals surface area contributed by atoms with Crippen LogP contribution < -0.4 is 5.73 Å². The third-order valence-corrected chi connectivity index (χ3v) is 3.53. The van der Waals surface area contributed by atoms with Crippen molar-refractivity contribution in [1.29, 1.82) is 0 Å². The lowest BCUT2D eigenvalue weighted by Crippen LogP contribution is -2.05. The molecule has 0 amide bonds. The summed E-state index contributed by atoms with van der Waals surface area (Å²) in [5.41, 5.74) is 7.17. The second-order valence-corrected chi connectivity index (χ2v) is 4.93. The molecule has 7 nitrogen and oxygen atoms in total. The second kappa shape index (κ2) is 5.45. The van der Waals surface area contributed by atoms with Crippen LogP contribution >= 0.6 is 15.9 Å². The first kappa shape index (κ1) is 13.6. The van der Waals surface area contributed by atoms with Crippen molar-refractivity contribution in [2.24, 2.45) is 5.73 Å². The zero-order chi connectivity index (χ0) is 14.0. The van der Waals surface area contributed by atoms with Gasteiger partial charge < -0.3 is 5.73 Å². The lowest BCUT2D eigenvalue weighted by atomic mass is 10.2. The van der Waals surface area contributed by atoms with E-state index in [0.717, 1.165) is 5.56 Å². The normalized spacial score (nSPS) is 12.4. The predicted octanol–water partition coefficient (Wildman–Crippen LogP) is 2.02. The first-order chi connectivity index (χ1) is 8.99. The summed E-state index contributed by atoms with van der Waals surface area (Å²) in [4.78, 5) is 10.4. The highest BCUT2D eigenvalue weighted by molar-refractivity contribution is 9.10. The maximum atomic E-state index is 10.8. The molecule has 1 heterocycles. The summed E-state index contributed by atoms with van der Waals surface area (Å²) in [5.74, 6) is 0. The Morgan fingerprint density at radius 1 is 1.58 bits per heavy atom. The summed E-state index contributed by atoms with van der Waals surface area (Å²) >= 11 is 3.25. The summed E-state index contributed by atoms with van der Waals surface area (Å²) < 4.78 is 2.06. The van der Waals surface area contributed by atoms with E-state index in [0.29, 0.717) is 16.7 Å². The Labute approximate surface area is 117 Å². The fraction of sp³-hybridized carbons (Fsp3) is 0.273. The second-order valence-electron chi connectivity index (χ2n) is 4.14. The first-order valence-corrected chi connectivity index (χ1v) is 6.35. The molecule has 2 N–H and O–H groups in total. The number of nitrogens with two attached hydrogens (primary N) is 1. The Balaban J connectivity index is 2.28. The zero-order valence-corrected chi connectivity index (χ0v) is 11.7. The van der Waals surface area contributed by atoms with Crippen LogP contribution in [-0.2, 0) is 6.54 Å². The third kappa shape index (κ3) is 2.96. The fourth-order valence-electron chi connectivity index (χ4n) is 1.60. The van der Waals surface area contributed by atoms with Crippen LogP contribution in [0.3, 0.4) is 0 Å². The minimum atomic E-state index is -0.428. The Bertz CT molecular complexity index is 611. The van der Waals surface area contributed by atoms with Gasteiger partial charge in [0.05, 0.1) is 23.4 Å². The van der Waals surface area contributed by atoms with Gasteiger partial charge >= 0.3 is 0 Å². The van der Waals surface area contributed by atoms with E-state index in [1.54, 1.807) is 23.0 Å². The quantitative estimate of drug-likeness (QED) is 0.684. The molecule has 100 valence electrons. The van der Waals surface area contributed by atoms with Crippen molar-refractivity contribution in [2.75, 3.05) is 0 Å². The smallest absolute Gasteiger partial charge is 0.283 e. The third-order valence-electron chi connectivity index (χ3n) is 2.61. The van der Waals surface area contributed by atoms with E-state index in [1.807, 2.05) is 6.92 Å². The van der Waals surface area contributed by atoms with Gasteiger partial charge in [0.25, 0.3) is 5.69 Å². The Morgan fingerprint density at radius 3 is 2.89 bits per heavy atom. The number of hydrogen-bond donors (Lipinski definition) is 1. The molecule has 0 bridgehead atoms. The number of aromatic nitrogens is 3. The van der Waals surface area contributed by atoms with Crippen LogP contribution in [0.5, 0.6) is 0 Å². The molecule has 1 aromatic heterocycles. The molecule has 0 spiro atoms. The standard InChI is InChI=1S/C11H12BrN5O2/c1-7(13)9-6-16(15-14-9)5-8-3-2-4-10(11(8)12)17(18)19/h2-4,6-7H,5,13H2,1H3. The van der Waals surface area contributed by atoms with E-state index in [9.17, 15) is 10.1 Å². The number of nitro groups is 1. The van der Waals surface area contributed by atoms with Crippen LogP contribution in [0.4, 0.5) is 5.69 Å². The van der Waals surface area contributed by atoms with Crippen LogP contribution in [0.15, 0.2) is 28.9 Å². The molecule has 0 aliphatic heterocycles. The molecule has 0 aliphatic rings. The van der Waals surface area contributed by atoms with E-state index in [-0.39, 0.29) is 11.7 Å². The number of halogens is 1. The van der Waals surface area contributed by atoms with E-state index in [4.69, 9.17) is 5.73 Å². The highest BCUT2D eigenvalue weighted by atomic mass is 79.9. The van der Waals surface area contributed by atoms with Gasteiger partial charge in [0.2, 0.25) is 0 Å². The van der Waals surface area contributed by atoms with Crippen LogP contribution in [-0.4, -0.2) is 19.9 Å². The molecule has 0 fully saturated rings. The minimum absolute atomic E-state index is 0.0324. The summed E-state index contributed by atoms with van der Waals surface area (Å²) in [6.07, 6.45) is 1.73. The van der Waals surface area contributed by atoms with Crippen molar-refractivity contribution < 1.29 is 4.92 Å². The number of benzene rings is 1. The Hall–Kier alpha value is -1.80. The molecule has 0 saturated heterocycles. The maximum absolute atomic E-state index is 10.8. The molecule has 2 aromatic rings. The topological polar surface area (TPSA) is 99.9 Å². The van der Waals surface area contributed by atoms with Crippen molar-refractivity contribution in [1.82, 2.24) is 15.0 Å². The molecule has 1 atom stereocenters. The molecule has 8 heteroatoms. The summed E-state index contributed by atoms with van der Waals surface area (Å²) in [7, 11) is 0. The van der Waals surface area contributed by atoms with Crippen molar-refractivity contribution in [3.05, 3.63) is 50.2 Å². The first-order valence-electron chi connectivity index (χ1n) is 5.56. The fourth-order valence-corrected chi connectivity index (χ4v) is 2.14. The van der Waals surface area contributed by atoms with Gasteiger partial charge in [-0.05, 0) is 28.4 Å². The zero-order valence-electron chi connectivity index (χ0n) is 10.2. The number of rotatable bonds is 4. The van der Waals surface area contributed by atoms with Gasteiger partial charge in [-0.3, -0.25) is 10.1 Å². The molecule has 19 heavy (non-hydrogen) atoms. The van der Waals surface area contributed by atoms with Crippen molar-refractivity contribution in [2.45, 2.75) is 19.5 Å².